The first kappa shape index (κ1) is 87.3. The number of hydrogen-bond donors (Lipinski definition) is 0. The van der Waals surface area contributed by atoms with Crippen LogP contribution >= 0.6 is 0 Å². The first-order chi connectivity index (χ1) is 74.4. The molecule has 30 aromatic rings. The van der Waals surface area contributed by atoms with Gasteiger partial charge in [0.1, 0.15) is 0 Å². The molecular weight excluding hydrogens is 1830 g/mol. The van der Waals surface area contributed by atoms with E-state index in [1.54, 1.807) is 0 Å². The molecule has 0 bridgehead atoms. The summed E-state index contributed by atoms with van der Waals surface area (Å²) in [5, 5.41) is 13.9. The highest BCUT2D eigenvalue weighted by molar-refractivity contribution is 6.29. The Labute approximate surface area is 861 Å². The van der Waals surface area contributed by atoms with Crippen LogP contribution in [0.25, 0.3) is 267 Å². The molecule has 0 amide bonds. The van der Waals surface area contributed by atoms with Crippen molar-refractivity contribution in [3.05, 3.63) is 528 Å². The summed E-state index contributed by atoms with van der Waals surface area (Å²) >= 11 is 0. The van der Waals surface area contributed by atoms with Crippen LogP contribution in [0.4, 0.5) is 0 Å². The minimum Gasteiger partial charge on any atom is -0.309 e. The second-order valence-corrected chi connectivity index (χ2v) is 37.5. The molecule has 0 saturated heterocycles. The lowest BCUT2D eigenvalue weighted by Gasteiger charge is -2.12. The molecule has 0 aliphatic carbocycles. The fraction of sp³-hybridized carbons (Fsp3) is 0. The molecule has 0 aliphatic heterocycles. The summed E-state index contributed by atoms with van der Waals surface area (Å²) in [4.78, 5) is 46.6. The maximum absolute atomic E-state index is 5.29. The molecule has 0 atom stereocenters. The summed E-state index contributed by atoms with van der Waals surface area (Å²) < 4.78 is 13.8. The smallest absolute Gasteiger partial charge is 0.238 e. The minimum absolute atomic E-state index is 0.578. The van der Waals surface area contributed by atoms with Crippen molar-refractivity contribution >= 4 is 131 Å². The van der Waals surface area contributed by atoms with Gasteiger partial charge < -0.3 is 13.7 Å². The van der Waals surface area contributed by atoms with Gasteiger partial charge in [0.05, 0.1) is 66.2 Å². The molecule has 0 aliphatic rings. The second-order valence-electron chi connectivity index (χ2n) is 37.5. The highest BCUT2D eigenvalue weighted by Crippen LogP contribution is 2.48. The van der Waals surface area contributed by atoms with Crippen molar-refractivity contribution in [3.63, 3.8) is 0 Å². The first-order valence-corrected chi connectivity index (χ1v) is 50.4. The van der Waals surface area contributed by atoms with E-state index in [-0.39, 0.29) is 0 Å². The Morgan fingerprint density at radius 3 is 0.640 bits per heavy atom. The quantitative estimate of drug-likeness (QED) is 0.0979. The lowest BCUT2D eigenvalue weighted by atomic mass is 10.0. The predicted octanol–water partition coefficient (Wildman–Crippen LogP) is 33.2. The van der Waals surface area contributed by atoms with E-state index in [0.29, 0.717) is 52.8 Å². The van der Waals surface area contributed by atoms with Gasteiger partial charge in [0, 0.05) is 115 Å². The summed E-state index contributed by atoms with van der Waals surface area (Å²) in [5.74, 6) is 5.50. The van der Waals surface area contributed by atoms with Crippen molar-refractivity contribution < 1.29 is 0 Å². The molecule has 15 nitrogen and oxygen atoms in total. The van der Waals surface area contributed by atoms with E-state index in [9.17, 15) is 0 Å². The number of hydrogen-bond acceptors (Lipinski definition) is 9. The van der Waals surface area contributed by atoms with Gasteiger partial charge >= 0.3 is 0 Å². The zero-order chi connectivity index (χ0) is 99.1. The SMILES string of the molecule is c1ccc(-c2ccc(-c3nc(-c4ccccc4)nc(-n4c5ccccc5c5ccc6c(c7ccccc7n6-c6ccccc6)c54)n3)cc2)cc1.c1ccc(-c2cccc(-c3nc(-c4ccccc4)nc(-n4c5ccccc5c5ccc6c(c7ccccc7n6-c6ccccc6)c54)n3)c2)cc1.c1ccc(-c2cccc(-n3c4ccccc4c4c3ccc3c5ccccc5n(-c5nc(-c6ccccc6)nc(-c6ccccc6)n5)c34)c2)cc1. The summed E-state index contributed by atoms with van der Waals surface area (Å²) in [6.07, 6.45) is 0. The van der Waals surface area contributed by atoms with Gasteiger partial charge in [0.25, 0.3) is 0 Å². The Morgan fingerprint density at radius 1 is 0.113 bits per heavy atom. The third kappa shape index (κ3) is 15.2. The number of rotatable bonds is 15. The van der Waals surface area contributed by atoms with Gasteiger partial charge in [-0.25, -0.2) is 15.0 Å². The van der Waals surface area contributed by atoms with Crippen LogP contribution in [-0.4, -0.2) is 72.3 Å². The Balaban J connectivity index is 0.000000108. The van der Waals surface area contributed by atoms with Crippen LogP contribution in [0.1, 0.15) is 0 Å². The summed E-state index contributed by atoms with van der Waals surface area (Å²) in [7, 11) is 0. The van der Waals surface area contributed by atoms with Crippen molar-refractivity contribution in [1.82, 2.24) is 72.3 Å². The van der Waals surface area contributed by atoms with Crippen LogP contribution < -0.4 is 0 Å². The van der Waals surface area contributed by atoms with Crippen molar-refractivity contribution in [2.24, 2.45) is 0 Å². The minimum atomic E-state index is 0.578. The van der Waals surface area contributed by atoms with Crippen LogP contribution in [0, 0.1) is 0 Å². The standard InChI is InChI=1S/3C45H29N5/c1-4-15-30(16-5-1)32-19-14-20-33(29-32)44-46-43(31-17-6-2-7-18-31)47-45(48-44)50-38-25-12-10-23-35(38)36-27-28-40-41(42(36)50)37-24-11-13-26-39(37)49(40)34-21-8-3-9-22-34;1-4-15-30(16-5-1)33-21-14-22-34(29-33)49-39-26-13-11-24-37(39)41-40(49)28-27-36-35-23-10-12-25-38(35)50(42(36)41)45-47-43(31-17-6-2-7-18-31)46-44(48-45)32-19-8-3-9-20-32;1-4-14-30(15-5-1)31-24-26-33(27-25-31)44-46-43(32-16-6-2-7-17-32)47-45(48-44)50-38-22-12-10-20-35(38)36-28-29-40-41(42(36)50)37-21-11-13-23-39(37)49(40)34-18-8-3-9-19-34/h3*1-29H. The molecule has 0 fully saturated rings. The van der Waals surface area contributed by atoms with Crippen molar-refractivity contribution in [3.8, 4) is 137 Å². The predicted molar refractivity (Wildman–Crippen MR) is 614 cm³/mol. The third-order valence-electron chi connectivity index (χ3n) is 28.7. The molecular formula is C135H87N15. The van der Waals surface area contributed by atoms with Gasteiger partial charge in [-0.3, -0.25) is 13.7 Å². The Hall–Kier alpha value is -20.6. The van der Waals surface area contributed by atoms with Crippen molar-refractivity contribution in [2.45, 2.75) is 0 Å². The molecule has 0 spiro atoms. The molecule has 0 radical (unpaired) electrons. The van der Waals surface area contributed by atoms with E-state index in [1.807, 2.05) is 84.9 Å². The van der Waals surface area contributed by atoms with E-state index in [4.69, 9.17) is 44.9 Å². The number of benzene rings is 21. The van der Waals surface area contributed by atoms with Gasteiger partial charge in [-0.05, 0) is 130 Å². The lowest BCUT2D eigenvalue weighted by Crippen LogP contribution is -2.06. The molecule has 0 unspecified atom stereocenters. The maximum Gasteiger partial charge on any atom is 0.238 e. The molecule has 9 heterocycles. The highest BCUT2D eigenvalue weighted by Gasteiger charge is 2.30. The van der Waals surface area contributed by atoms with Crippen molar-refractivity contribution in [2.75, 3.05) is 0 Å². The zero-order valence-corrected chi connectivity index (χ0v) is 80.9. The molecule has 150 heavy (non-hydrogen) atoms. The fourth-order valence-electron chi connectivity index (χ4n) is 22.0. The number of para-hydroxylation sites is 8. The molecule has 30 rings (SSSR count). The van der Waals surface area contributed by atoms with Crippen LogP contribution in [-0.2, 0) is 0 Å². The molecule has 15 heteroatoms. The Morgan fingerprint density at radius 2 is 0.320 bits per heavy atom. The van der Waals surface area contributed by atoms with E-state index in [2.05, 4.69) is 470 Å². The van der Waals surface area contributed by atoms with Gasteiger partial charge in [0.15, 0.2) is 34.9 Å². The average molecular weight is 1920 g/mol. The Bertz CT molecular complexity index is 10400. The highest BCUT2D eigenvalue weighted by atomic mass is 15.2. The summed E-state index contributed by atoms with van der Waals surface area (Å²) in [6.45, 7) is 0. The summed E-state index contributed by atoms with van der Waals surface area (Å²) in [5.41, 5.74) is 29.1. The van der Waals surface area contributed by atoms with Gasteiger partial charge in [-0.2, -0.15) is 29.9 Å². The first-order valence-electron chi connectivity index (χ1n) is 50.4. The summed E-state index contributed by atoms with van der Waals surface area (Å²) in [6, 6.07) is 184. The average Bonchev–Trinajstić information content (AvgIpc) is 1.55. The molecule has 21 aromatic carbocycles. The lowest BCUT2D eigenvalue weighted by molar-refractivity contribution is 0.955. The monoisotopic (exact) mass is 1920 g/mol. The topological polar surface area (TPSA) is 146 Å². The van der Waals surface area contributed by atoms with E-state index in [0.717, 1.165) is 182 Å². The second kappa shape index (κ2) is 37.0. The van der Waals surface area contributed by atoms with Gasteiger partial charge in [-0.15, -0.1) is 0 Å². The van der Waals surface area contributed by atoms with E-state index >= 15 is 0 Å². The maximum atomic E-state index is 5.29. The van der Waals surface area contributed by atoms with E-state index in [1.165, 1.54) is 32.8 Å². The molecule has 0 N–H and O–H groups in total. The van der Waals surface area contributed by atoms with Crippen LogP contribution in [0.3, 0.4) is 0 Å². The van der Waals surface area contributed by atoms with Crippen LogP contribution in [0.2, 0.25) is 0 Å². The molecule has 702 valence electrons. The molecule has 0 saturated carbocycles. The molecule has 9 aromatic heterocycles. The van der Waals surface area contributed by atoms with Crippen LogP contribution in [0.5, 0.6) is 0 Å². The number of nitrogens with zero attached hydrogens (tertiary/aromatic N) is 15. The van der Waals surface area contributed by atoms with Gasteiger partial charge in [0.2, 0.25) is 17.8 Å². The zero-order valence-electron chi connectivity index (χ0n) is 80.9. The van der Waals surface area contributed by atoms with Gasteiger partial charge in [-0.1, -0.05) is 431 Å². The number of aromatic nitrogens is 15. The van der Waals surface area contributed by atoms with E-state index < -0.39 is 0 Å². The van der Waals surface area contributed by atoms with Crippen LogP contribution in [0.15, 0.2) is 528 Å². The Kier molecular flexibility index (Phi) is 21.5. The third-order valence-corrected chi connectivity index (χ3v) is 28.7. The fourth-order valence-corrected chi connectivity index (χ4v) is 22.0. The van der Waals surface area contributed by atoms with Crippen molar-refractivity contribution in [1.29, 1.82) is 0 Å². The largest absolute Gasteiger partial charge is 0.309 e. The normalized spacial score (nSPS) is 11.6. The number of fused-ring (bicyclic) bond motifs is 21.